The molecule has 1 heterocycles. The molecule has 0 radical (unpaired) electrons. The third-order valence-electron chi connectivity index (χ3n) is 4.26. The maximum atomic E-state index is 11.1. The lowest BCUT2D eigenvalue weighted by Gasteiger charge is -2.06. The maximum absolute atomic E-state index is 11.1. The highest BCUT2D eigenvalue weighted by Gasteiger charge is 2.11. The minimum Gasteiger partial charge on any atom is -0.497 e. The number of non-ortho nitro benzene ring substituents is 1. The van der Waals surface area contributed by atoms with Gasteiger partial charge in [0.15, 0.2) is 0 Å². The molecule has 3 rings (SSSR count). The van der Waals surface area contributed by atoms with E-state index in [1.165, 1.54) is 17.4 Å². The van der Waals surface area contributed by atoms with Crippen LogP contribution in [0.2, 0.25) is 0 Å². The highest BCUT2D eigenvalue weighted by atomic mass is 32.1. The number of hydrogen-bond donors (Lipinski definition) is 0. The summed E-state index contributed by atoms with van der Waals surface area (Å²) in [6, 6.07) is 14.1. The molecule has 0 saturated carbocycles. The van der Waals surface area contributed by atoms with E-state index < -0.39 is 4.92 Å². The summed E-state index contributed by atoms with van der Waals surface area (Å²) < 4.78 is 7.10. The van der Waals surface area contributed by atoms with Gasteiger partial charge in [-0.15, -0.1) is 23.0 Å². The lowest BCUT2D eigenvalue weighted by Crippen LogP contribution is -2.15. The van der Waals surface area contributed by atoms with E-state index >= 15 is 0 Å². The molecule has 3 aromatic rings. The van der Waals surface area contributed by atoms with Gasteiger partial charge in [-0.1, -0.05) is 18.2 Å². The van der Waals surface area contributed by atoms with Crippen molar-refractivity contribution in [3.63, 3.8) is 0 Å². The van der Waals surface area contributed by atoms with E-state index in [1.54, 1.807) is 25.3 Å². The highest BCUT2D eigenvalue weighted by molar-refractivity contribution is 7.07. The van der Waals surface area contributed by atoms with Crippen LogP contribution >= 0.6 is 11.3 Å². The minimum atomic E-state index is -0.401. The van der Waals surface area contributed by atoms with Gasteiger partial charge in [-0.2, -0.15) is 5.10 Å². The summed E-state index contributed by atoms with van der Waals surface area (Å²) in [5.41, 5.74) is 3.33. The molecule has 1 aromatic heterocycles. The van der Waals surface area contributed by atoms with Gasteiger partial charge in [-0.05, 0) is 36.8 Å². The molecule has 0 aliphatic carbocycles. The second kappa shape index (κ2) is 9.11. The monoisotopic (exact) mass is 408 g/mol. The van der Waals surface area contributed by atoms with Crippen LogP contribution in [-0.4, -0.2) is 22.3 Å². The average molecular weight is 408 g/mol. The van der Waals surface area contributed by atoms with Crippen LogP contribution in [0, 0.1) is 10.1 Å². The number of rotatable bonds is 7. The van der Waals surface area contributed by atoms with E-state index in [4.69, 9.17) is 4.74 Å². The summed E-state index contributed by atoms with van der Waals surface area (Å²) in [6.07, 6.45) is 1.76. The first-order chi connectivity index (χ1) is 14.0. The second-order valence-corrected chi connectivity index (χ2v) is 6.96. The summed E-state index contributed by atoms with van der Waals surface area (Å²) in [5.74, 6) is 0.780. The second-order valence-electron chi connectivity index (χ2n) is 6.12. The number of nitro benzene ring substituents is 1. The first-order valence-corrected chi connectivity index (χ1v) is 9.68. The number of ether oxygens (including phenoxy) is 1. The van der Waals surface area contributed by atoms with Crippen molar-refractivity contribution >= 4 is 22.7 Å². The van der Waals surface area contributed by atoms with Crippen molar-refractivity contribution in [1.29, 1.82) is 0 Å². The van der Waals surface area contributed by atoms with Crippen molar-refractivity contribution in [2.45, 2.75) is 13.5 Å². The summed E-state index contributed by atoms with van der Waals surface area (Å²) in [4.78, 5) is 11.4. The molecule has 0 aliphatic heterocycles. The van der Waals surface area contributed by atoms with Gasteiger partial charge in [0.2, 0.25) is 4.80 Å². The largest absolute Gasteiger partial charge is 0.497 e. The smallest absolute Gasteiger partial charge is 0.270 e. The number of methoxy groups -OCH3 is 1. The van der Waals surface area contributed by atoms with Gasteiger partial charge in [-0.25, -0.2) is 0 Å². The quantitative estimate of drug-likeness (QED) is 0.247. The zero-order chi connectivity index (χ0) is 20.8. The number of nitro groups is 1. The van der Waals surface area contributed by atoms with Crippen molar-refractivity contribution in [3.8, 4) is 17.0 Å². The Morgan fingerprint density at radius 1 is 1.31 bits per heavy atom. The molecular formula is C21H20N4O3S. The summed E-state index contributed by atoms with van der Waals surface area (Å²) in [7, 11) is 1.62. The van der Waals surface area contributed by atoms with Crippen molar-refractivity contribution in [1.82, 2.24) is 4.57 Å². The molecule has 0 aliphatic rings. The number of benzene rings is 2. The van der Waals surface area contributed by atoms with Crippen LogP contribution in [0.3, 0.4) is 0 Å². The Hall–Kier alpha value is -3.52. The Balaban J connectivity index is 2.00. The molecule has 0 spiro atoms. The van der Waals surface area contributed by atoms with Crippen LogP contribution in [-0.2, 0) is 6.54 Å². The third kappa shape index (κ3) is 4.67. The van der Waals surface area contributed by atoms with Gasteiger partial charge in [0.05, 0.1) is 23.4 Å². The Morgan fingerprint density at radius 3 is 2.72 bits per heavy atom. The summed E-state index contributed by atoms with van der Waals surface area (Å²) in [5, 5.41) is 21.8. The number of hydrogen-bond acceptors (Lipinski definition) is 6. The van der Waals surface area contributed by atoms with Gasteiger partial charge >= 0.3 is 0 Å². The molecule has 29 heavy (non-hydrogen) atoms. The van der Waals surface area contributed by atoms with Gasteiger partial charge in [0.1, 0.15) is 5.75 Å². The SMILES string of the molecule is C=CCn1c(-c2cccc([N+](=O)[O-])c2)cs/c1=N\N=C(\C)c1ccc(OC)cc1. The van der Waals surface area contributed by atoms with Gasteiger partial charge in [0.25, 0.3) is 5.69 Å². The first kappa shape index (κ1) is 20.2. The molecule has 8 heteroatoms. The Labute approximate surface area is 172 Å². The standard InChI is InChI=1S/C21H20N4O3S/c1-4-12-24-20(17-6-5-7-18(13-17)25(26)27)14-29-21(24)23-22-15(2)16-8-10-19(28-3)11-9-16/h4-11,13-14H,1,12H2,2-3H3/b22-15-,23-21-. The van der Waals surface area contributed by atoms with Crippen LogP contribution in [0.25, 0.3) is 11.3 Å². The van der Waals surface area contributed by atoms with Crippen molar-refractivity contribution in [2.75, 3.05) is 7.11 Å². The predicted molar refractivity (Wildman–Crippen MR) is 115 cm³/mol. The topological polar surface area (TPSA) is 82.0 Å². The third-order valence-corrected chi connectivity index (χ3v) is 5.11. The number of nitrogens with zero attached hydrogens (tertiary/aromatic N) is 4. The van der Waals surface area contributed by atoms with Crippen LogP contribution in [0.4, 0.5) is 5.69 Å². The molecule has 0 saturated heterocycles. The molecular weight excluding hydrogens is 388 g/mol. The first-order valence-electron chi connectivity index (χ1n) is 8.80. The highest BCUT2D eigenvalue weighted by Crippen LogP contribution is 2.24. The number of allylic oxidation sites excluding steroid dienone is 1. The van der Waals surface area contributed by atoms with Gasteiger partial charge < -0.3 is 9.30 Å². The van der Waals surface area contributed by atoms with E-state index in [0.29, 0.717) is 11.3 Å². The zero-order valence-electron chi connectivity index (χ0n) is 16.1. The molecule has 2 aromatic carbocycles. The summed E-state index contributed by atoms with van der Waals surface area (Å²) >= 11 is 1.42. The Kier molecular flexibility index (Phi) is 6.36. The fraction of sp³-hybridized carbons (Fsp3) is 0.143. The van der Waals surface area contributed by atoms with E-state index in [1.807, 2.05) is 47.2 Å². The van der Waals surface area contributed by atoms with Crippen molar-refractivity contribution < 1.29 is 9.66 Å². The van der Waals surface area contributed by atoms with Crippen molar-refractivity contribution in [2.24, 2.45) is 10.2 Å². The summed E-state index contributed by atoms with van der Waals surface area (Å²) in [6.45, 7) is 6.20. The van der Waals surface area contributed by atoms with Crippen LogP contribution in [0.15, 0.2) is 76.8 Å². The van der Waals surface area contributed by atoms with E-state index in [2.05, 4.69) is 16.8 Å². The fourth-order valence-electron chi connectivity index (χ4n) is 2.73. The fourth-order valence-corrected chi connectivity index (χ4v) is 3.60. The molecule has 148 valence electrons. The Morgan fingerprint density at radius 2 is 2.07 bits per heavy atom. The molecule has 7 nitrogen and oxygen atoms in total. The maximum Gasteiger partial charge on any atom is 0.270 e. The normalized spacial score (nSPS) is 12.1. The van der Waals surface area contributed by atoms with Crippen LogP contribution < -0.4 is 9.54 Å². The van der Waals surface area contributed by atoms with Crippen molar-refractivity contribution in [3.05, 3.63) is 87.0 Å². The van der Waals surface area contributed by atoms with Crippen LogP contribution in [0.1, 0.15) is 12.5 Å². The molecule has 0 bridgehead atoms. The lowest BCUT2D eigenvalue weighted by atomic mass is 10.1. The average Bonchev–Trinajstić information content (AvgIpc) is 3.15. The molecule has 0 N–H and O–H groups in total. The lowest BCUT2D eigenvalue weighted by molar-refractivity contribution is -0.384. The number of aromatic nitrogens is 1. The molecule has 0 amide bonds. The molecule has 0 fully saturated rings. The number of thiazole rings is 1. The minimum absolute atomic E-state index is 0.0470. The molecule has 0 atom stereocenters. The predicted octanol–water partition coefficient (Wildman–Crippen LogP) is 4.64. The van der Waals surface area contributed by atoms with E-state index in [9.17, 15) is 10.1 Å². The van der Waals surface area contributed by atoms with Gasteiger partial charge in [-0.3, -0.25) is 10.1 Å². The molecule has 0 unspecified atom stereocenters. The van der Waals surface area contributed by atoms with E-state index in [-0.39, 0.29) is 5.69 Å². The van der Waals surface area contributed by atoms with Crippen LogP contribution in [0.5, 0.6) is 5.75 Å². The van der Waals surface area contributed by atoms with Gasteiger partial charge in [0, 0.05) is 29.6 Å². The van der Waals surface area contributed by atoms with E-state index in [0.717, 1.165) is 28.3 Å². The Bertz CT molecular complexity index is 1130. The zero-order valence-corrected chi connectivity index (χ0v) is 16.9.